The summed E-state index contributed by atoms with van der Waals surface area (Å²) in [6, 6.07) is 7.25. The van der Waals surface area contributed by atoms with Crippen LogP contribution < -0.4 is 10.5 Å². The Morgan fingerprint density at radius 2 is 2.13 bits per heavy atom. The van der Waals surface area contributed by atoms with Gasteiger partial charge in [0.15, 0.2) is 0 Å². The number of carbonyl (C=O) groups is 1. The van der Waals surface area contributed by atoms with Crippen molar-refractivity contribution in [3.05, 3.63) is 34.6 Å². The molecular weight excluding hydrogens is 312 g/mol. The fourth-order valence-electron chi connectivity index (χ4n) is 2.77. The van der Waals surface area contributed by atoms with Crippen molar-refractivity contribution in [1.29, 1.82) is 0 Å². The number of aryl methyl sites for hydroxylation is 1. The first kappa shape index (κ1) is 15.9. The largest absolute Gasteiger partial charge is 0.393 e. The third-order valence-electron chi connectivity index (χ3n) is 4.03. The number of rotatable bonds is 3. The Morgan fingerprint density at radius 3 is 2.78 bits per heavy atom. The van der Waals surface area contributed by atoms with Gasteiger partial charge < -0.3 is 10.8 Å². The maximum atomic E-state index is 11.1. The minimum absolute atomic E-state index is 0.162. The van der Waals surface area contributed by atoms with E-state index in [0.29, 0.717) is 5.56 Å². The van der Waals surface area contributed by atoms with E-state index in [2.05, 4.69) is 5.10 Å². The molecule has 1 fully saturated rings. The lowest BCUT2D eigenvalue weighted by atomic mass is 9.94. The maximum Gasteiger partial charge on any atom is 0.248 e. The van der Waals surface area contributed by atoms with Gasteiger partial charge in [0.2, 0.25) is 10.7 Å². The molecule has 0 spiro atoms. The van der Waals surface area contributed by atoms with Gasteiger partial charge in [-0.05, 0) is 37.8 Å². The normalized spacial score (nSPS) is 22.3. The number of primary amides is 1. The van der Waals surface area contributed by atoms with Gasteiger partial charge in [0.05, 0.1) is 12.1 Å². The second-order valence-corrected chi connectivity index (χ2v) is 6.81. The number of benzene rings is 1. The minimum Gasteiger partial charge on any atom is -0.393 e. The van der Waals surface area contributed by atoms with Crippen molar-refractivity contribution in [3.63, 3.8) is 0 Å². The predicted octanol–water partition coefficient (Wildman–Crippen LogP) is 1.45. The number of hydrogen-bond acceptors (Lipinski definition) is 5. The number of nitrogens with zero attached hydrogens (tertiary/aromatic N) is 3. The first-order valence-corrected chi connectivity index (χ1v) is 8.51. The van der Waals surface area contributed by atoms with Crippen LogP contribution in [0.2, 0.25) is 0 Å². The average molecular weight is 332 g/mol. The third-order valence-corrected chi connectivity index (χ3v) is 5.10. The highest BCUT2D eigenvalue weighted by Crippen LogP contribution is 2.22. The van der Waals surface area contributed by atoms with Crippen LogP contribution in [0.1, 0.15) is 36.0 Å². The first-order valence-electron chi connectivity index (χ1n) is 7.69. The molecule has 0 bridgehead atoms. The standard InChI is InChI=1S/C16H20N4O2S/c1-20-16(18-12-3-2-4-13(21)9-12)23-15(19-20)11-7-5-10(6-8-11)14(17)22/h5-8,12-13,21H,2-4,9H2,1H3,(H2,17,22)/t12-,13-/m1/s1. The van der Waals surface area contributed by atoms with Crippen LogP contribution in [0.5, 0.6) is 0 Å². The van der Waals surface area contributed by atoms with Crippen LogP contribution in [0.25, 0.3) is 10.6 Å². The van der Waals surface area contributed by atoms with Crippen molar-refractivity contribution in [1.82, 2.24) is 9.78 Å². The van der Waals surface area contributed by atoms with Crippen LogP contribution in [0, 0.1) is 0 Å². The summed E-state index contributed by atoms with van der Waals surface area (Å²) < 4.78 is 1.77. The summed E-state index contributed by atoms with van der Waals surface area (Å²) in [4.78, 5) is 16.7. The topological polar surface area (TPSA) is 93.5 Å². The summed E-state index contributed by atoms with van der Waals surface area (Å²) in [6.07, 6.45) is 3.38. The molecule has 2 atom stereocenters. The molecule has 3 N–H and O–H groups in total. The van der Waals surface area contributed by atoms with E-state index in [1.807, 2.05) is 19.2 Å². The summed E-state index contributed by atoms with van der Waals surface area (Å²) in [7, 11) is 1.87. The van der Waals surface area contributed by atoms with Crippen molar-refractivity contribution in [3.8, 4) is 10.6 Å². The van der Waals surface area contributed by atoms with E-state index in [-0.39, 0.29) is 12.1 Å². The van der Waals surface area contributed by atoms with Gasteiger partial charge in [-0.15, -0.1) is 0 Å². The number of amides is 1. The molecule has 0 saturated heterocycles. The fourth-order valence-corrected chi connectivity index (χ4v) is 3.73. The molecule has 1 amide bonds. The van der Waals surface area contributed by atoms with Crippen molar-refractivity contribution in [2.45, 2.75) is 37.8 Å². The number of aliphatic hydroxyl groups is 1. The van der Waals surface area contributed by atoms with E-state index in [9.17, 15) is 9.90 Å². The molecule has 6 nitrogen and oxygen atoms in total. The maximum absolute atomic E-state index is 11.1. The zero-order valence-corrected chi connectivity index (χ0v) is 13.8. The monoisotopic (exact) mass is 332 g/mol. The molecule has 7 heteroatoms. The second kappa shape index (κ2) is 6.64. The van der Waals surface area contributed by atoms with E-state index < -0.39 is 5.91 Å². The lowest BCUT2D eigenvalue weighted by molar-refractivity contribution is 0.1000. The van der Waals surface area contributed by atoms with Gasteiger partial charge in [0, 0.05) is 18.2 Å². The van der Waals surface area contributed by atoms with Gasteiger partial charge in [-0.2, -0.15) is 5.10 Å². The minimum atomic E-state index is -0.437. The molecule has 1 aromatic heterocycles. The van der Waals surface area contributed by atoms with Gasteiger partial charge in [-0.1, -0.05) is 23.5 Å². The average Bonchev–Trinajstić information content (AvgIpc) is 2.88. The van der Waals surface area contributed by atoms with Crippen LogP contribution >= 0.6 is 11.3 Å². The van der Waals surface area contributed by atoms with Gasteiger partial charge >= 0.3 is 0 Å². The molecule has 3 rings (SSSR count). The number of carbonyl (C=O) groups excluding carboxylic acids is 1. The number of aromatic nitrogens is 2. The van der Waals surface area contributed by atoms with Crippen LogP contribution in [0.3, 0.4) is 0 Å². The molecule has 2 aromatic rings. The first-order chi connectivity index (χ1) is 11.0. The number of hydrogen-bond donors (Lipinski definition) is 2. The second-order valence-electron chi connectivity index (χ2n) is 5.86. The van der Waals surface area contributed by atoms with Crippen molar-refractivity contribution in [2.24, 2.45) is 17.8 Å². The van der Waals surface area contributed by atoms with E-state index in [0.717, 1.165) is 41.1 Å². The van der Waals surface area contributed by atoms with Gasteiger partial charge in [0.1, 0.15) is 5.01 Å². The molecule has 0 aliphatic heterocycles. The molecule has 1 aliphatic carbocycles. The number of aliphatic hydroxyl groups excluding tert-OH is 1. The Morgan fingerprint density at radius 1 is 1.39 bits per heavy atom. The van der Waals surface area contributed by atoms with Crippen LogP contribution in [0.15, 0.2) is 29.3 Å². The fraction of sp³-hybridized carbons (Fsp3) is 0.438. The molecule has 1 saturated carbocycles. The Balaban J connectivity index is 1.87. The Hall–Kier alpha value is -1.99. The van der Waals surface area contributed by atoms with Crippen LogP contribution in [-0.2, 0) is 7.05 Å². The Kier molecular flexibility index (Phi) is 4.58. The highest BCUT2D eigenvalue weighted by Gasteiger charge is 2.19. The third kappa shape index (κ3) is 3.68. The summed E-state index contributed by atoms with van der Waals surface area (Å²) in [5.74, 6) is -0.437. The molecule has 1 aliphatic rings. The molecule has 1 heterocycles. The van der Waals surface area contributed by atoms with Crippen LogP contribution in [-0.4, -0.2) is 32.9 Å². The van der Waals surface area contributed by atoms with Crippen molar-refractivity contribution >= 4 is 17.2 Å². The van der Waals surface area contributed by atoms with Crippen molar-refractivity contribution < 1.29 is 9.90 Å². The molecule has 0 unspecified atom stereocenters. The summed E-state index contributed by atoms with van der Waals surface area (Å²) in [6.45, 7) is 0. The van der Waals surface area contributed by atoms with Crippen LogP contribution in [0.4, 0.5) is 0 Å². The van der Waals surface area contributed by atoms with E-state index in [4.69, 9.17) is 10.7 Å². The van der Waals surface area contributed by atoms with E-state index >= 15 is 0 Å². The zero-order valence-electron chi connectivity index (χ0n) is 13.0. The summed E-state index contributed by atoms with van der Waals surface area (Å²) >= 11 is 1.51. The smallest absolute Gasteiger partial charge is 0.248 e. The molecular formula is C16H20N4O2S. The molecule has 122 valence electrons. The van der Waals surface area contributed by atoms with Gasteiger partial charge in [-0.25, -0.2) is 4.68 Å². The number of nitrogens with two attached hydrogens (primary N) is 1. The summed E-state index contributed by atoms with van der Waals surface area (Å²) in [5.41, 5.74) is 6.67. The molecule has 23 heavy (non-hydrogen) atoms. The van der Waals surface area contributed by atoms with E-state index in [1.165, 1.54) is 11.3 Å². The lowest BCUT2D eigenvalue weighted by Crippen LogP contribution is -2.25. The lowest BCUT2D eigenvalue weighted by Gasteiger charge is -2.22. The van der Waals surface area contributed by atoms with Gasteiger partial charge in [0.25, 0.3) is 0 Å². The zero-order chi connectivity index (χ0) is 16.4. The predicted molar refractivity (Wildman–Crippen MR) is 88.9 cm³/mol. The molecule has 1 aromatic carbocycles. The Bertz CT molecular complexity index is 763. The molecule has 0 radical (unpaired) electrons. The Labute approximate surface area is 138 Å². The SMILES string of the molecule is Cn1nc(-c2ccc(C(N)=O)cc2)sc1=N[C@@H]1CCC[C@@H](O)C1. The highest BCUT2D eigenvalue weighted by atomic mass is 32.1. The van der Waals surface area contributed by atoms with Gasteiger partial charge in [-0.3, -0.25) is 9.79 Å². The highest BCUT2D eigenvalue weighted by molar-refractivity contribution is 7.12. The quantitative estimate of drug-likeness (QED) is 0.891. The van der Waals surface area contributed by atoms with E-state index in [1.54, 1.807) is 16.8 Å². The summed E-state index contributed by atoms with van der Waals surface area (Å²) in [5, 5.41) is 15.1. The van der Waals surface area contributed by atoms with Crippen molar-refractivity contribution in [2.75, 3.05) is 0 Å².